The van der Waals surface area contributed by atoms with Crippen LogP contribution in [0.15, 0.2) is 233 Å². The van der Waals surface area contributed by atoms with Crippen molar-refractivity contribution in [2.45, 2.75) is 25.2 Å². The maximum absolute atomic E-state index is 7.36. The number of nitrogens with zero attached hydrogens (tertiary/aromatic N) is 2. The van der Waals surface area contributed by atoms with Gasteiger partial charge in [0.1, 0.15) is 22.3 Å². The summed E-state index contributed by atoms with van der Waals surface area (Å²) < 4.78 is 16.8. The molecule has 0 bridgehead atoms. The molecule has 4 heteroatoms. The van der Waals surface area contributed by atoms with Crippen molar-refractivity contribution in [2.75, 3.05) is 4.90 Å². The fourth-order valence-corrected chi connectivity index (χ4v) is 11.6. The first-order valence-corrected chi connectivity index (χ1v) is 23.6. The predicted octanol–water partition coefficient (Wildman–Crippen LogP) is 17.5. The minimum Gasteiger partial charge on any atom is -0.455 e. The highest BCUT2D eigenvalue weighted by atomic mass is 16.3. The first-order chi connectivity index (χ1) is 33.6. The van der Waals surface area contributed by atoms with Crippen LogP contribution in [0.1, 0.15) is 47.6 Å². The van der Waals surface area contributed by atoms with E-state index in [0.717, 1.165) is 88.8 Å². The molecule has 4 nitrogen and oxygen atoms in total. The summed E-state index contributed by atoms with van der Waals surface area (Å²) in [6.45, 7) is 4.52. The number of anilines is 3. The fourth-order valence-electron chi connectivity index (χ4n) is 11.6. The van der Waals surface area contributed by atoms with E-state index in [1.807, 2.05) is 0 Å². The zero-order valence-corrected chi connectivity index (χ0v) is 37.7. The zero-order chi connectivity index (χ0) is 45.1. The molecule has 0 radical (unpaired) electrons. The molecule has 0 amide bonds. The van der Waals surface area contributed by atoms with E-state index < -0.39 is 5.41 Å². The van der Waals surface area contributed by atoms with Gasteiger partial charge >= 0.3 is 0 Å². The quantitative estimate of drug-likeness (QED) is 0.160. The van der Waals surface area contributed by atoms with Gasteiger partial charge in [-0.05, 0) is 100 Å². The van der Waals surface area contributed by atoms with Crippen molar-refractivity contribution in [2.24, 2.45) is 0 Å². The SMILES string of the molecule is CC(C)c1ccc(N(c2ccc3c(c2)c2ccccc2n3-c2ccccc2)c2cc3c(c4oc5ccccc5c24)-c2c(ccc4c2oc2ccccc24)C3(c2ccccc2)c2ccccc2)cc1. The molecule has 0 fully saturated rings. The largest absolute Gasteiger partial charge is 0.455 e. The van der Waals surface area contributed by atoms with Crippen LogP contribution in [0, 0.1) is 0 Å². The van der Waals surface area contributed by atoms with Gasteiger partial charge in [-0.15, -0.1) is 0 Å². The van der Waals surface area contributed by atoms with E-state index in [4.69, 9.17) is 8.83 Å². The fraction of sp³-hybridized carbons (Fsp3) is 0.0625. The summed E-state index contributed by atoms with van der Waals surface area (Å²) in [7, 11) is 0. The number of benzene rings is 10. The molecular formula is C64H44N2O2. The van der Waals surface area contributed by atoms with Gasteiger partial charge in [-0.3, -0.25) is 0 Å². The van der Waals surface area contributed by atoms with Gasteiger partial charge in [0, 0.05) is 55.1 Å². The molecule has 0 spiro atoms. The Bertz CT molecular complexity index is 4060. The van der Waals surface area contributed by atoms with Crippen molar-refractivity contribution >= 4 is 82.7 Å². The molecule has 0 unspecified atom stereocenters. The van der Waals surface area contributed by atoms with E-state index in [9.17, 15) is 0 Å². The summed E-state index contributed by atoms with van der Waals surface area (Å²) in [5.41, 5.74) is 17.4. The summed E-state index contributed by atoms with van der Waals surface area (Å²) in [6, 6.07) is 81.7. The number of hydrogen-bond donors (Lipinski definition) is 0. The zero-order valence-electron chi connectivity index (χ0n) is 37.7. The Balaban J connectivity index is 1.15. The number of para-hydroxylation sites is 4. The van der Waals surface area contributed by atoms with Gasteiger partial charge in [-0.25, -0.2) is 0 Å². The highest BCUT2D eigenvalue weighted by Crippen LogP contribution is 2.62. The second-order valence-electron chi connectivity index (χ2n) is 18.5. The average molecular weight is 873 g/mol. The molecule has 0 aliphatic heterocycles. The van der Waals surface area contributed by atoms with Crippen LogP contribution >= 0.6 is 0 Å². The standard InChI is InChI=1S/C64H44N2O2/c1-40(2)41-30-32-45(33-31-41)65(46-34-37-55-51(38-46)47-24-12-15-27-54(47)66(55)44-22-10-5-11-23-44)56-39-53-61(63-59(56)50-26-14-17-29-58(50)68-63)60-52(36-35-49-48-25-13-16-28-57(48)67-62(49)60)64(53,42-18-6-3-7-19-42)43-20-8-4-9-21-43/h3-40H,1-2H3. The van der Waals surface area contributed by atoms with Crippen molar-refractivity contribution in [3.63, 3.8) is 0 Å². The van der Waals surface area contributed by atoms with Gasteiger partial charge in [0.2, 0.25) is 0 Å². The van der Waals surface area contributed by atoms with E-state index in [1.54, 1.807) is 0 Å². The second kappa shape index (κ2) is 14.7. The smallest absolute Gasteiger partial charge is 0.145 e. The summed E-state index contributed by atoms with van der Waals surface area (Å²) in [5, 5.41) is 6.68. The number of furan rings is 2. The summed E-state index contributed by atoms with van der Waals surface area (Å²) in [6.07, 6.45) is 0. The third kappa shape index (κ3) is 5.37. The molecule has 3 heterocycles. The van der Waals surface area contributed by atoms with Crippen LogP contribution < -0.4 is 4.90 Å². The molecule has 0 saturated carbocycles. The number of hydrogen-bond acceptors (Lipinski definition) is 3. The summed E-state index contributed by atoms with van der Waals surface area (Å²) in [5.74, 6) is 0.383. The number of rotatable bonds is 7. The van der Waals surface area contributed by atoms with Gasteiger partial charge in [0.05, 0.1) is 27.5 Å². The minimum atomic E-state index is -0.748. The number of fused-ring (bicyclic) bond motifs is 14. The molecule has 14 rings (SSSR count). The molecule has 68 heavy (non-hydrogen) atoms. The Morgan fingerprint density at radius 2 is 0.985 bits per heavy atom. The van der Waals surface area contributed by atoms with Gasteiger partial charge in [-0.1, -0.05) is 172 Å². The van der Waals surface area contributed by atoms with Crippen LogP contribution in [0.5, 0.6) is 0 Å². The Morgan fingerprint density at radius 3 is 1.69 bits per heavy atom. The molecule has 0 atom stereocenters. The molecule has 0 saturated heterocycles. The van der Waals surface area contributed by atoms with Gasteiger partial charge in [0.25, 0.3) is 0 Å². The van der Waals surface area contributed by atoms with E-state index in [2.05, 4.69) is 248 Å². The molecule has 0 N–H and O–H groups in total. The second-order valence-corrected chi connectivity index (χ2v) is 18.5. The summed E-state index contributed by atoms with van der Waals surface area (Å²) >= 11 is 0. The van der Waals surface area contributed by atoms with Crippen LogP contribution in [0.3, 0.4) is 0 Å². The molecule has 1 aliphatic rings. The summed E-state index contributed by atoms with van der Waals surface area (Å²) in [4.78, 5) is 2.48. The Morgan fingerprint density at radius 1 is 0.426 bits per heavy atom. The van der Waals surface area contributed by atoms with Crippen molar-refractivity contribution in [3.05, 3.63) is 252 Å². The average Bonchev–Trinajstić information content (AvgIpc) is 4.14. The van der Waals surface area contributed by atoms with Crippen molar-refractivity contribution < 1.29 is 8.83 Å². The van der Waals surface area contributed by atoms with E-state index in [0.29, 0.717) is 5.92 Å². The highest BCUT2D eigenvalue weighted by Gasteiger charge is 2.49. The minimum absolute atomic E-state index is 0.383. The highest BCUT2D eigenvalue weighted by molar-refractivity contribution is 6.23. The van der Waals surface area contributed by atoms with Crippen molar-refractivity contribution in [1.29, 1.82) is 0 Å². The predicted molar refractivity (Wildman–Crippen MR) is 281 cm³/mol. The maximum atomic E-state index is 7.36. The first kappa shape index (κ1) is 38.6. The van der Waals surface area contributed by atoms with Crippen LogP contribution in [-0.4, -0.2) is 4.57 Å². The normalized spacial score (nSPS) is 13.1. The molecule has 3 aromatic heterocycles. The van der Waals surface area contributed by atoms with Crippen molar-refractivity contribution in [3.8, 4) is 16.8 Å². The van der Waals surface area contributed by atoms with Crippen molar-refractivity contribution in [1.82, 2.24) is 4.57 Å². The third-order valence-electron chi connectivity index (χ3n) is 14.6. The Kier molecular flexibility index (Phi) is 8.36. The number of aromatic nitrogens is 1. The lowest BCUT2D eigenvalue weighted by atomic mass is 9.67. The molecular weight excluding hydrogens is 829 g/mol. The molecule has 13 aromatic rings. The van der Waals surface area contributed by atoms with Crippen LogP contribution in [0.2, 0.25) is 0 Å². The third-order valence-corrected chi connectivity index (χ3v) is 14.6. The first-order valence-electron chi connectivity index (χ1n) is 23.6. The molecule has 322 valence electrons. The lowest BCUT2D eigenvalue weighted by Gasteiger charge is -2.35. The van der Waals surface area contributed by atoms with Crippen LogP contribution in [0.4, 0.5) is 17.1 Å². The topological polar surface area (TPSA) is 34.5 Å². The van der Waals surface area contributed by atoms with Crippen LogP contribution in [-0.2, 0) is 5.41 Å². The van der Waals surface area contributed by atoms with E-state index >= 15 is 0 Å². The lowest BCUT2D eigenvalue weighted by molar-refractivity contribution is 0.665. The van der Waals surface area contributed by atoms with Gasteiger partial charge in [0.15, 0.2) is 0 Å². The van der Waals surface area contributed by atoms with Gasteiger partial charge < -0.3 is 18.3 Å². The van der Waals surface area contributed by atoms with Crippen LogP contribution in [0.25, 0.3) is 82.5 Å². The van der Waals surface area contributed by atoms with E-state index in [-0.39, 0.29) is 0 Å². The maximum Gasteiger partial charge on any atom is 0.145 e. The Labute approximate surface area is 393 Å². The monoisotopic (exact) mass is 872 g/mol. The molecule has 10 aromatic carbocycles. The Hall–Kier alpha value is -8.60. The molecule has 1 aliphatic carbocycles. The lowest BCUT2D eigenvalue weighted by Crippen LogP contribution is -2.28. The van der Waals surface area contributed by atoms with Gasteiger partial charge in [-0.2, -0.15) is 0 Å². The van der Waals surface area contributed by atoms with E-state index in [1.165, 1.54) is 38.5 Å².